The van der Waals surface area contributed by atoms with Crippen LogP contribution < -0.4 is 10.1 Å². The Bertz CT molecular complexity index is 1240. The van der Waals surface area contributed by atoms with Gasteiger partial charge in [0.15, 0.2) is 5.78 Å². The minimum absolute atomic E-state index is 0.0294. The third kappa shape index (κ3) is 4.76. The van der Waals surface area contributed by atoms with Gasteiger partial charge in [0.2, 0.25) is 0 Å². The molecule has 2 atom stereocenters. The molecule has 1 heterocycles. The zero-order valence-corrected chi connectivity index (χ0v) is 21.5. The molecule has 2 unspecified atom stereocenters. The molecule has 0 spiro atoms. The van der Waals surface area contributed by atoms with E-state index in [1.807, 2.05) is 38.1 Å². The monoisotopic (exact) mass is 470 g/mol. The van der Waals surface area contributed by atoms with Crippen LogP contribution in [0.25, 0.3) is 0 Å². The Labute approximate surface area is 208 Å². The first kappa shape index (κ1) is 24.8. The molecule has 0 bridgehead atoms. The highest BCUT2D eigenvalue weighted by atomic mass is 16.5. The summed E-state index contributed by atoms with van der Waals surface area (Å²) in [6, 6.07) is 14.5. The van der Waals surface area contributed by atoms with E-state index in [4.69, 9.17) is 9.47 Å². The number of hydrogen-bond acceptors (Lipinski definition) is 5. The summed E-state index contributed by atoms with van der Waals surface area (Å²) in [5.41, 5.74) is 8.56. The number of para-hydroxylation sites is 1. The summed E-state index contributed by atoms with van der Waals surface area (Å²) in [4.78, 5) is 13.8. The quantitative estimate of drug-likeness (QED) is 0.568. The maximum atomic E-state index is 13.8. The number of benzene rings is 2. The van der Waals surface area contributed by atoms with Crippen LogP contribution in [-0.2, 0) is 9.53 Å². The number of methoxy groups -OCH3 is 1. The predicted octanol–water partition coefficient (Wildman–Crippen LogP) is 5.91. The fourth-order valence-corrected chi connectivity index (χ4v) is 5.77. The van der Waals surface area contributed by atoms with E-state index in [1.54, 1.807) is 7.11 Å². The number of rotatable bonds is 6. The maximum absolute atomic E-state index is 13.8. The molecule has 1 aliphatic carbocycles. The molecule has 2 aliphatic rings. The zero-order valence-electron chi connectivity index (χ0n) is 21.5. The van der Waals surface area contributed by atoms with Gasteiger partial charge in [-0.2, -0.15) is 5.26 Å². The third-order valence-corrected chi connectivity index (χ3v) is 6.86. The van der Waals surface area contributed by atoms with Crippen molar-refractivity contribution in [1.29, 1.82) is 5.26 Å². The molecule has 35 heavy (non-hydrogen) atoms. The maximum Gasteiger partial charge on any atom is 0.162 e. The highest BCUT2D eigenvalue weighted by molar-refractivity contribution is 6.00. The van der Waals surface area contributed by atoms with Gasteiger partial charge in [0.25, 0.3) is 0 Å². The van der Waals surface area contributed by atoms with Crippen molar-refractivity contribution in [3.8, 4) is 11.8 Å². The molecule has 5 nitrogen and oxygen atoms in total. The van der Waals surface area contributed by atoms with Gasteiger partial charge in [-0.25, -0.2) is 0 Å². The molecule has 1 N–H and O–H groups in total. The second-order valence-electron chi connectivity index (χ2n) is 9.93. The molecule has 0 saturated carbocycles. The average molecular weight is 471 g/mol. The van der Waals surface area contributed by atoms with Crippen LogP contribution in [0.5, 0.6) is 5.75 Å². The van der Waals surface area contributed by atoms with E-state index in [9.17, 15) is 10.1 Å². The number of nitrogens with zero attached hydrogens (tertiary/aromatic N) is 1. The van der Waals surface area contributed by atoms with E-state index in [0.29, 0.717) is 35.4 Å². The molecule has 5 heteroatoms. The van der Waals surface area contributed by atoms with Gasteiger partial charge in [-0.15, -0.1) is 0 Å². The largest absolute Gasteiger partial charge is 0.491 e. The molecule has 182 valence electrons. The van der Waals surface area contributed by atoms with Crippen LogP contribution in [0.3, 0.4) is 0 Å². The number of allylic oxidation sites excluding steroid dienone is 3. The number of nitrogens with one attached hydrogen (secondary N) is 1. The molecule has 0 amide bonds. The van der Waals surface area contributed by atoms with E-state index in [1.165, 1.54) is 22.3 Å². The number of ketones is 1. The van der Waals surface area contributed by atoms with Crippen molar-refractivity contribution in [3.05, 3.63) is 86.8 Å². The van der Waals surface area contributed by atoms with E-state index in [0.717, 1.165) is 11.3 Å². The lowest BCUT2D eigenvalue weighted by Crippen LogP contribution is -2.35. The van der Waals surface area contributed by atoms with E-state index >= 15 is 0 Å². The van der Waals surface area contributed by atoms with Crippen LogP contribution in [0.1, 0.15) is 66.3 Å². The first-order valence-corrected chi connectivity index (χ1v) is 12.2. The van der Waals surface area contributed by atoms with Crippen LogP contribution in [0, 0.1) is 32.1 Å². The summed E-state index contributed by atoms with van der Waals surface area (Å²) in [7, 11) is 1.62. The van der Waals surface area contributed by atoms with Gasteiger partial charge < -0.3 is 14.8 Å². The molecule has 0 radical (unpaired) electrons. The smallest absolute Gasteiger partial charge is 0.162 e. The second-order valence-corrected chi connectivity index (χ2v) is 9.93. The average Bonchev–Trinajstić information content (AvgIpc) is 2.78. The Morgan fingerprint density at radius 3 is 2.43 bits per heavy atom. The molecule has 0 fully saturated rings. The van der Waals surface area contributed by atoms with Crippen LogP contribution in [0.4, 0.5) is 0 Å². The van der Waals surface area contributed by atoms with Crippen molar-refractivity contribution >= 4 is 5.78 Å². The van der Waals surface area contributed by atoms with Crippen LogP contribution in [0.2, 0.25) is 0 Å². The summed E-state index contributed by atoms with van der Waals surface area (Å²) in [5.74, 6) is 0.386. The molecule has 0 saturated heterocycles. The minimum Gasteiger partial charge on any atom is -0.491 e. The highest BCUT2D eigenvalue weighted by Gasteiger charge is 2.41. The second kappa shape index (κ2) is 10.1. The van der Waals surface area contributed by atoms with Gasteiger partial charge >= 0.3 is 0 Å². The number of nitriles is 1. The first-order chi connectivity index (χ1) is 16.7. The summed E-state index contributed by atoms with van der Waals surface area (Å²) in [5, 5.41) is 13.7. The fourth-order valence-electron chi connectivity index (χ4n) is 5.77. The first-order valence-electron chi connectivity index (χ1n) is 12.2. The van der Waals surface area contributed by atoms with Crippen molar-refractivity contribution in [2.45, 2.75) is 65.4 Å². The Balaban J connectivity index is 1.86. The van der Waals surface area contributed by atoms with Gasteiger partial charge in [0.05, 0.1) is 36.0 Å². The number of aryl methyl sites for hydroxylation is 3. The fraction of sp³-hybridized carbons (Fsp3) is 0.400. The Hall–Kier alpha value is -3.36. The molecular formula is C30H34N2O3. The van der Waals surface area contributed by atoms with Crippen molar-refractivity contribution in [2.24, 2.45) is 0 Å². The number of ether oxygens (including phenoxy) is 2. The number of Topliss-reactive ketones (excluding diaryl/α,β-unsaturated/α-hetero) is 1. The van der Waals surface area contributed by atoms with Crippen molar-refractivity contribution < 1.29 is 14.3 Å². The molecule has 0 aromatic heterocycles. The number of dihydropyridines is 1. The van der Waals surface area contributed by atoms with Crippen LogP contribution in [0.15, 0.2) is 58.9 Å². The van der Waals surface area contributed by atoms with Crippen molar-refractivity contribution in [2.75, 3.05) is 13.7 Å². The summed E-state index contributed by atoms with van der Waals surface area (Å²) < 4.78 is 11.6. The predicted molar refractivity (Wildman–Crippen MR) is 137 cm³/mol. The van der Waals surface area contributed by atoms with Gasteiger partial charge in [0.1, 0.15) is 5.75 Å². The van der Waals surface area contributed by atoms with Gasteiger partial charge in [-0.05, 0) is 69.7 Å². The van der Waals surface area contributed by atoms with Gasteiger partial charge in [-0.1, -0.05) is 35.9 Å². The molecule has 2 aromatic rings. The third-order valence-electron chi connectivity index (χ3n) is 6.86. The van der Waals surface area contributed by atoms with E-state index < -0.39 is 5.92 Å². The number of carbonyl (C=O) groups excluding carboxylic acids is 1. The number of carbonyl (C=O) groups is 1. The lowest BCUT2D eigenvalue weighted by atomic mass is 9.70. The summed E-state index contributed by atoms with van der Waals surface area (Å²) in [6.07, 6.45) is 1.10. The zero-order chi connectivity index (χ0) is 25.3. The number of hydrogen-bond donors (Lipinski definition) is 1. The van der Waals surface area contributed by atoms with Gasteiger partial charge in [0, 0.05) is 30.4 Å². The molecule has 2 aromatic carbocycles. The molecule has 4 rings (SSSR count). The lowest BCUT2D eigenvalue weighted by molar-refractivity contribution is -0.116. The van der Waals surface area contributed by atoms with Crippen LogP contribution in [-0.4, -0.2) is 25.6 Å². The SMILES string of the molecule is COCC1=C(C#N)C(c2ccccc2OC(C)C)C2=C(CC(c3c(C)cc(C)cc3C)CC2=O)N1. The molecule has 1 aliphatic heterocycles. The Morgan fingerprint density at radius 1 is 1.11 bits per heavy atom. The lowest BCUT2D eigenvalue weighted by Gasteiger charge is -2.37. The van der Waals surface area contributed by atoms with E-state index in [2.05, 4.69) is 44.3 Å². The Kier molecular flexibility index (Phi) is 7.14. The minimum atomic E-state index is -0.481. The van der Waals surface area contributed by atoms with Gasteiger partial charge in [-0.3, -0.25) is 4.79 Å². The highest BCUT2D eigenvalue weighted by Crippen LogP contribution is 2.48. The van der Waals surface area contributed by atoms with Crippen LogP contribution >= 0.6 is 0 Å². The molecular weight excluding hydrogens is 436 g/mol. The standard InChI is InChI=1S/C30H34N2O3/c1-17(2)35-27-10-8-7-9-22(27)29-23(15-31)25(16-34-6)32-24-13-21(14-26(33)30(24)29)28-19(4)11-18(3)12-20(28)5/h7-12,17,21,29,32H,13-14,16H2,1-6H3. The van der Waals surface area contributed by atoms with E-state index in [-0.39, 0.29) is 24.4 Å². The van der Waals surface area contributed by atoms with Crippen molar-refractivity contribution in [3.63, 3.8) is 0 Å². The summed E-state index contributed by atoms with van der Waals surface area (Å²) >= 11 is 0. The normalized spacial score (nSPS) is 20.0. The van der Waals surface area contributed by atoms with Crippen molar-refractivity contribution in [1.82, 2.24) is 5.32 Å². The summed E-state index contributed by atoms with van der Waals surface area (Å²) in [6.45, 7) is 10.6. The topological polar surface area (TPSA) is 71.3 Å². The Morgan fingerprint density at radius 2 is 1.80 bits per heavy atom.